The van der Waals surface area contributed by atoms with Crippen molar-refractivity contribution in [2.45, 2.75) is 44.2 Å². The molecule has 1 fully saturated rings. The Morgan fingerprint density at radius 3 is 3.06 bits per heavy atom. The fourth-order valence-electron chi connectivity index (χ4n) is 3.06. The molecule has 3 heteroatoms. The topological polar surface area (TPSA) is 21.3 Å². The quantitative estimate of drug-likeness (QED) is 0.889. The second-order valence-corrected chi connectivity index (χ2v) is 5.30. The van der Waals surface area contributed by atoms with Crippen molar-refractivity contribution in [1.29, 1.82) is 0 Å². The molecule has 1 aliphatic heterocycles. The molecular formula is C15H20FNO. The Balaban J connectivity index is 1.60. The van der Waals surface area contributed by atoms with Gasteiger partial charge in [-0.05, 0) is 49.3 Å². The summed E-state index contributed by atoms with van der Waals surface area (Å²) in [7, 11) is 0. The smallest absolute Gasteiger partial charge is 0.126 e. The van der Waals surface area contributed by atoms with Crippen LogP contribution in [0.4, 0.5) is 4.39 Å². The summed E-state index contributed by atoms with van der Waals surface area (Å²) in [4.78, 5) is 0. The molecule has 18 heavy (non-hydrogen) atoms. The monoisotopic (exact) mass is 249 g/mol. The van der Waals surface area contributed by atoms with E-state index in [1.165, 1.54) is 12.8 Å². The molecule has 0 saturated carbocycles. The summed E-state index contributed by atoms with van der Waals surface area (Å²) in [5.74, 6) is -0.0503. The lowest BCUT2D eigenvalue weighted by Crippen LogP contribution is -2.33. The highest BCUT2D eigenvalue weighted by Crippen LogP contribution is 2.32. The number of ether oxygens (including phenoxy) is 1. The summed E-state index contributed by atoms with van der Waals surface area (Å²) in [6.07, 6.45) is 5.80. The lowest BCUT2D eigenvalue weighted by molar-refractivity contribution is 0.0153. The third-order valence-corrected chi connectivity index (χ3v) is 4.08. The highest BCUT2D eigenvalue weighted by molar-refractivity contribution is 5.35. The molecule has 0 aromatic heterocycles. The molecule has 2 unspecified atom stereocenters. The molecule has 0 bridgehead atoms. The lowest BCUT2D eigenvalue weighted by Gasteiger charge is -2.25. The van der Waals surface area contributed by atoms with E-state index >= 15 is 0 Å². The minimum atomic E-state index is -0.0503. The zero-order valence-corrected chi connectivity index (χ0v) is 10.6. The summed E-state index contributed by atoms with van der Waals surface area (Å²) in [6, 6.07) is 5.72. The molecule has 1 heterocycles. The molecule has 1 aromatic rings. The van der Waals surface area contributed by atoms with Gasteiger partial charge < -0.3 is 10.1 Å². The van der Waals surface area contributed by atoms with Gasteiger partial charge in [0.2, 0.25) is 0 Å². The van der Waals surface area contributed by atoms with Crippen LogP contribution in [0.3, 0.4) is 0 Å². The number of hydrogen-bond donors (Lipinski definition) is 1. The van der Waals surface area contributed by atoms with Crippen molar-refractivity contribution in [3.8, 4) is 0 Å². The maximum atomic E-state index is 13.6. The van der Waals surface area contributed by atoms with Gasteiger partial charge in [0.1, 0.15) is 5.82 Å². The van der Waals surface area contributed by atoms with Gasteiger partial charge in [-0.25, -0.2) is 4.39 Å². The summed E-state index contributed by atoms with van der Waals surface area (Å²) in [6.45, 7) is 1.78. The molecule has 98 valence electrons. The molecule has 0 radical (unpaired) electrons. The standard InChI is InChI=1S/C15H20FNO/c16-14-6-3-5-13-12(14)7-8-15(13)17-10-11-4-1-2-9-18-11/h3,5-6,11,15,17H,1-2,4,7-10H2. The van der Waals surface area contributed by atoms with Crippen LogP contribution >= 0.6 is 0 Å². The number of rotatable bonds is 3. The number of halogens is 1. The van der Waals surface area contributed by atoms with E-state index in [2.05, 4.69) is 5.32 Å². The number of fused-ring (bicyclic) bond motifs is 1. The fraction of sp³-hybridized carbons (Fsp3) is 0.600. The molecular weight excluding hydrogens is 229 g/mol. The van der Waals surface area contributed by atoms with E-state index in [0.29, 0.717) is 12.1 Å². The van der Waals surface area contributed by atoms with Gasteiger partial charge in [0.15, 0.2) is 0 Å². The second-order valence-electron chi connectivity index (χ2n) is 5.30. The third kappa shape index (κ3) is 2.43. The zero-order chi connectivity index (χ0) is 12.4. The van der Waals surface area contributed by atoms with Crippen molar-refractivity contribution in [2.75, 3.05) is 13.2 Å². The van der Waals surface area contributed by atoms with Gasteiger partial charge in [0, 0.05) is 19.2 Å². The molecule has 2 aliphatic rings. The van der Waals surface area contributed by atoms with Crippen LogP contribution in [-0.2, 0) is 11.2 Å². The normalized spacial score (nSPS) is 27.2. The minimum Gasteiger partial charge on any atom is -0.377 e. The van der Waals surface area contributed by atoms with Crippen LogP contribution in [-0.4, -0.2) is 19.3 Å². The Bertz CT molecular complexity index is 415. The van der Waals surface area contributed by atoms with Crippen molar-refractivity contribution in [1.82, 2.24) is 5.32 Å². The highest BCUT2D eigenvalue weighted by atomic mass is 19.1. The molecule has 1 N–H and O–H groups in total. The Kier molecular flexibility index (Phi) is 3.62. The van der Waals surface area contributed by atoms with Gasteiger partial charge in [-0.2, -0.15) is 0 Å². The first-order chi connectivity index (χ1) is 8.84. The van der Waals surface area contributed by atoms with Crippen molar-refractivity contribution in [2.24, 2.45) is 0 Å². The average Bonchev–Trinajstić information content (AvgIpc) is 2.82. The van der Waals surface area contributed by atoms with Gasteiger partial charge in [-0.3, -0.25) is 0 Å². The van der Waals surface area contributed by atoms with E-state index in [4.69, 9.17) is 4.74 Å². The van der Waals surface area contributed by atoms with Crippen LogP contribution in [0.5, 0.6) is 0 Å². The maximum absolute atomic E-state index is 13.6. The molecule has 0 amide bonds. The first kappa shape index (κ1) is 12.1. The Hall–Kier alpha value is -0.930. The Morgan fingerprint density at radius 1 is 1.28 bits per heavy atom. The first-order valence-electron chi connectivity index (χ1n) is 6.97. The van der Waals surface area contributed by atoms with Crippen molar-refractivity contribution in [3.63, 3.8) is 0 Å². The molecule has 3 rings (SSSR count). The average molecular weight is 249 g/mol. The van der Waals surface area contributed by atoms with E-state index in [1.54, 1.807) is 6.07 Å². The maximum Gasteiger partial charge on any atom is 0.126 e. The molecule has 2 nitrogen and oxygen atoms in total. The molecule has 2 atom stereocenters. The van der Waals surface area contributed by atoms with Crippen molar-refractivity contribution < 1.29 is 9.13 Å². The first-order valence-corrected chi connectivity index (χ1v) is 6.97. The van der Waals surface area contributed by atoms with E-state index < -0.39 is 0 Å². The minimum absolute atomic E-state index is 0.0503. The third-order valence-electron chi connectivity index (χ3n) is 4.08. The molecule has 1 aromatic carbocycles. The fourth-order valence-corrected chi connectivity index (χ4v) is 3.06. The zero-order valence-electron chi connectivity index (χ0n) is 10.6. The van der Waals surface area contributed by atoms with Crippen LogP contribution < -0.4 is 5.32 Å². The van der Waals surface area contributed by atoms with Crippen LogP contribution in [0.2, 0.25) is 0 Å². The summed E-state index contributed by atoms with van der Waals surface area (Å²) >= 11 is 0. The van der Waals surface area contributed by atoms with E-state index in [9.17, 15) is 4.39 Å². The van der Waals surface area contributed by atoms with Gasteiger partial charge in [0.25, 0.3) is 0 Å². The lowest BCUT2D eigenvalue weighted by atomic mass is 10.1. The van der Waals surface area contributed by atoms with Gasteiger partial charge in [-0.15, -0.1) is 0 Å². The molecule has 1 saturated heterocycles. The van der Waals surface area contributed by atoms with Crippen LogP contribution in [0.1, 0.15) is 42.9 Å². The second kappa shape index (κ2) is 5.37. The van der Waals surface area contributed by atoms with Gasteiger partial charge in [0.05, 0.1) is 6.10 Å². The van der Waals surface area contributed by atoms with Crippen LogP contribution in [0.25, 0.3) is 0 Å². The number of nitrogens with one attached hydrogen (secondary N) is 1. The Labute approximate surface area is 108 Å². The van der Waals surface area contributed by atoms with Crippen LogP contribution in [0.15, 0.2) is 18.2 Å². The predicted molar refractivity (Wildman–Crippen MR) is 69.1 cm³/mol. The van der Waals surface area contributed by atoms with Crippen molar-refractivity contribution in [3.05, 3.63) is 35.1 Å². The predicted octanol–water partition coefficient (Wildman–Crippen LogP) is 2.97. The Morgan fingerprint density at radius 2 is 2.22 bits per heavy atom. The number of hydrogen-bond acceptors (Lipinski definition) is 2. The summed E-state index contributed by atoms with van der Waals surface area (Å²) in [5.41, 5.74) is 2.05. The summed E-state index contributed by atoms with van der Waals surface area (Å²) in [5, 5.41) is 3.54. The van der Waals surface area contributed by atoms with E-state index in [1.807, 2.05) is 12.1 Å². The van der Waals surface area contributed by atoms with Crippen molar-refractivity contribution >= 4 is 0 Å². The highest BCUT2D eigenvalue weighted by Gasteiger charge is 2.25. The number of benzene rings is 1. The van der Waals surface area contributed by atoms with Gasteiger partial charge in [-0.1, -0.05) is 12.1 Å². The summed E-state index contributed by atoms with van der Waals surface area (Å²) < 4.78 is 19.3. The van der Waals surface area contributed by atoms with E-state index in [0.717, 1.165) is 43.5 Å². The van der Waals surface area contributed by atoms with E-state index in [-0.39, 0.29) is 5.82 Å². The van der Waals surface area contributed by atoms with Crippen LogP contribution in [0, 0.1) is 5.82 Å². The largest absolute Gasteiger partial charge is 0.377 e. The SMILES string of the molecule is Fc1cccc2c1CCC2NCC1CCCCO1. The molecule has 1 aliphatic carbocycles. The van der Waals surface area contributed by atoms with Gasteiger partial charge >= 0.3 is 0 Å². The molecule has 0 spiro atoms.